The Morgan fingerprint density at radius 1 is 1.16 bits per heavy atom. The molecule has 1 aliphatic rings. The molecule has 128 valence electrons. The lowest BCUT2D eigenvalue weighted by atomic mass is 10.2. The number of carbonyl (C=O) groups is 1. The summed E-state index contributed by atoms with van der Waals surface area (Å²) in [5.41, 5.74) is 7.71. The highest BCUT2D eigenvalue weighted by atomic mass is 35.5. The molecule has 2 aromatic heterocycles. The summed E-state index contributed by atoms with van der Waals surface area (Å²) in [7, 11) is 0. The molecule has 7 heteroatoms. The van der Waals surface area contributed by atoms with Crippen molar-refractivity contribution in [1.29, 1.82) is 0 Å². The molecular weight excluding hydrogens is 356 g/mol. The molecule has 0 aliphatic carbocycles. The third-order valence-corrected chi connectivity index (χ3v) is 5.69. The van der Waals surface area contributed by atoms with Crippen LogP contribution in [0.4, 0.5) is 11.4 Å². The molecule has 0 bridgehead atoms. The number of nitrogens with two attached hydrogens (primary N) is 1. The van der Waals surface area contributed by atoms with Crippen LogP contribution >= 0.6 is 22.9 Å². The minimum atomic E-state index is 0.0710. The zero-order valence-corrected chi connectivity index (χ0v) is 15.1. The lowest BCUT2D eigenvalue weighted by molar-refractivity contribution is 0.0752. The zero-order valence-electron chi connectivity index (χ0n) is 13.5. The van der Waals surface area contributed by atoms with Gasteiger partial charge >= 0.3 is 0 Å². The number of nitrogens with zero attached hydrogens (tertiary/aromatic N) is 3. The molecule has 0 unspecified atom stereocenters. The molecule has 0 atom stereocenters. The van der Waals surface area contributed by atoms with Gasteiger partial charge in [0, 0.05) is 42.8 Å². The number of fused-ring (bicyclic) bond motifs is 1. The monoisotopic (exact) mass is 372 g/mol. The lowest BCUT2D eigenvalue weighted by Gasteiger charge is -2.36. The summed E-state index contributed by atoms with van der Waals surface area (Å²) in [5.74, 6) is 0.0710. The van der Waals surface area contributed by atoms with Gasteiger partial charge in [0.1, 0.15) is 4.83 Å². The van der Waals surface area contributed by atoms with Gasteiger partial charge in [-0.2, -0.15) is 0 Å². The van der Waals surface area contributed by atoms with Gasteiger partial charge in [-0.15, -0.1) is 11.3 Å². The van der Waals surface area contributed by atoms with E-state index in [9.17, 15) is 4.79 Å². The second-order valence-electron chi connectivity index (χ2n) is 5.99. The van der Waals surface area contributed by atoms with Crippen LogP contribution in [0.2, 0.25) is 5.02 Å². The van der Waals surface area contributed by atoms with E-state index in [1.807, 2.05) is 35.2 Å². The number of hydrogen-bond donors (Lipinski definition) is 1. The lowest BCUT2D eigenvalue weighted by Crippen LogP contribution is -2.48. The van der Waals surface area contributed by atoms with Crippen molar-refractivity contribution in [3.05, 3.63) is 52.5 Å². The van der Waals surface area contributed by atoms with Crippen LogP contribution < -0.4 is 10.6 Å². The van der Waals surface area contributed by atoms with Gasteiger partial charge in [-0.3, -0.25) is 4.79 Å². The number of anilines is 2. The van der Waals surface area contributed by atoms with Gasteiger partial charge in [0.2, 0.25) is 0 Å². The second-order valence-corrected chi connectivity index (χ2v) is 7.46. The van der Waals surface area contributed by atoms with E-state index in [1.54, 1.807) is 12.3 Å². The van der Waals surface area contributed by atoms with Crippen molar-refractivity contribution in [3.8, 4) is 0 Å². The maximum atomic E-state index is 12.8. The van der Waals surface area contributed by atoms with Gasteiger partial charge in [0.25, 0.3) is 5.91 Å². The van der Waals surface area contributed by atoms with Gasteiger partial charge < -0.3 is 15.5 Å². The van der Waals surface area contributed by atoms with Crippen LogP contribution in [0.15, 0.2) is 42.6 Å². The van der Waals surface area contributed by atoms with E-state index in [1.165, 1.54) is 11.3 Å². The molecule has 0 saturated carbocycles. The number of amides is 1. The molecule has 1 saturated heterocycles. The van der Waals surface area contributed by atoms with Crippen molar-refractivity contribution in [2.75, 3.05) is 36.8 Å². The van der Waals surface area contributed by atoms with E-state index < -0.39 is 0 Å². The summed E-state index contributed by atoms with van der Waals surface area (Å²) < 4.78 is 0. The highest BCUT2D eigenvalue weighted by Crippen LogP contribution is 2.29. The maximum Gasteiger partial charge on any atom is 0.264 e. The topological polar surface area (TPSA) is 62.5 Å². The quantitative estimate of drug-likeness (QED) is 0.699. The molecule has 1 aliphatic heterocycles. The van der Waals surface area contributed by atoms with Crippen LogP contribution in [-0.2, 0) is 0 Å². The van der Waals surface area contributed by atoms with Crippen molar-refractivity contribution in [2.45, 2.75) is 0 Å². The SMILES string of the molecule is Nc1ccc(Cl)cc1N1CCN(C(=O)c2cc3cccnc3s2)CC1. The van der Waals surface area contributed by atoms with Gasteiger partial charge in [-0.1, -0.05) is 17.7 Å². The number of rotatable bonds is 2. The summed E-state index contributed by atoms with van der Waals surface area (Å²) in [6.45, 7) is 2.79. The highest BCUT2D eigenvalue weighted by Gasteiger charge is 2.24. The van der Waals surface area contributed by atoms with Crippen LogP contribution in [0.3, 0.4) is 0 Å². The summed E-state index contributed by atoms with van der Waals surface area (Å²) in [5, 5.41) is 1.68. The van der Waals surface area contributed by atoms with E-state index in [0.717, 1.165) is 33.9 Å². The summed E-state index contributed by atoms with van der Waals surface area (Å²) in [4.78, 5) is 22.8. The molecule has 1 amide bonds. The van der Waals surface area contributed by atoms with Crippen molar-refractivity contribution >= 4 is 50.4 Å². The van der Waals surface area contributed by atoms with Crippen molar-refractivity contribution in [1.82, 2.24) is 9.88 Å². The largest absolute Gasteiger partial charge is 0.397 e. The van der Waals surface area contributed by atoms with Crippen LogP contribution in [0.25, 0.3) is 10.2 Å². The Labute approximate surface area is 154 Å². The minimum Gasteiger partial charge on any atom is -0.397 e. The minimum absolute atomic E-state index is 0.0710. The number of hydrogen-bond acceptors (Lipinski definition) is 5. The number of pyridine rings is 1. The fraction of sp³-hybridized carbons (Fsp3) is 0.222. The third-order valence-electron chi connectivity index (χ3n) is 4.40. The van der Waals surface area contributed by atoms with Crippen LogP contribution in [0.5, 0.6) is 0 Å². The number of piperazine rings is 1. The molecule has 3 heterocycles. The normalized spacial score (nSPS) is 14.9. The van der Waals surface area contributed by atoms with Gasteiger partial charge in [-0.05, 0) is 30.3 Å². The molecule has 5 nitrogen and oxygen atoms in total. The Kier molecular flexibility index (Phi) is 4.23. The molecule has 0 spiro atoms. The molecule has 1 fully saturated rings. The number of thiophene rings is 1. The first kappa shape index (κ1) is 16.2. The Bertz CT molecular complexity index is 901. The Morgan fingerprint density at radius 2 is 1.96 bits per heavy atom. The first-order valence-corrected chi connectivity index (χ1v) is 9.25. The highest BCUT2D eigenvalue weighted by molar-refractivity contribution is 7.20. The Morgan fingerprint density at radius 3 is 2.72 bits per heavy atom. The first-order chi connectivity index (χ1) is 12.1. The van der Waals surface area contributed by atoms with Crippen molar-refractivity contribution in [2.24, 2.45) is 0 Å². The maximum absolute atomic E-state index is 12.8. The van der Waals surface area contributed by atoms with Gasteiger partial charge in [-0.25, -0.2) is 4.98 Å². The predicted molar refractivity (Wildman–Crippen MR) is 104 cm³/mol. The average molecular weight is 373 g/mol. The molecule has 0 radical (unpaired) electrons. The van der Waals surface area contributed by atoms with E-state index >= 15 is 0 Å². The zero-order chi connectivity index (χ0) is 17.4. The van der Waals surface area contributed by atoms with Crippen LogP contribution in [0.1, 0.15) is 9.67 Å². The fourth-order valence-electron chi connectivity index (χ4n) is 3.08. The molecule has 4 rings (SSSR count). The van der Waals surface area contributed by atoms with Gasteiger partial charge in [0.05, 0.1) is 16.3 Å². The number of nitrogen functional groups attached to an aromatic ring is 1. The molecule has 3 aromatic rings. The standard InChI is InChI=1S/C18H17ClN4OS/c19-13-3-4-14(20)15(11-13)22-6-8-23(9-7-22)18(24)16-10-12-2-1-5-21-17(12)25-16/h1-5,10-11H,6-9,20H2. The molecule has 25 heavy (non-hydrogen) atoms. The van der Waals surface area contributed by atoms with Crippen LogP contribution in [0, 0.1) is 0 Å². The van der Waals surface area contributed by atoms with E-state index in [4.69, 9.17) is 17.3 Å². The Hall–Kier alpha value is -2.31. The Balaban J connectivity index is 1.47. The molecular formula is C18H17ClN4OS. The van der Waals surface area contributed by atoms with E-state index in [2.05, 4.69) is 9.88 Å². The number of benzene rings is 1. The fourth-order valence-corrected chi connectivity index (χ4v) is 4.21. The third kappa shape index (κ3) is 3.15. The second kappa shape index (κ2) is 6.54. The summed E-state index contributed by atoms with van der Waals surface area (Å²) in [6, 6.07) is 11.3. The number of halogens is 1. The molecule has 1 aromatic carbocycles. The summed E-state index contributed by atoms with van der Waals surface area (Å²) in [6.07, 6.45) is 1.75. The molecule has 2 N–H and O–H groups in total. The smallest absolute Gasteiger partial charge is 0.264 e. The average Bonchev–Trinajstić information content (AvgIpc) is 3.07. The number of aromatic nitrogens is 1. The number of carbonyl (C=O) groups excluding carboxylic acids is 1. The first-order valence-electron chi connectivity index (χ1n) is 8.05. The van der Waals surface area contributed by atoms with Crippen molar-refractivity contribution in [3.63, 3.8) is 0 Å². The van der Waals surface area contributed by atoms with E-state index in [0.29, 0.717) is 23.8 Å². The van der Waals surface area contributed by atoms with Crippen molar-refractivity contribution < 1.29 is 4.79 Å². The van der Waals surface area contributed by atoms with E-state index in [-0.39, 0.29) is 5.91 Å². The summed E-state index contributed by atoms with van der Waals surface area (Å²) >= 11 is 7.53. The predicted octanol–water partition coefficient (Wildman–Crippen LogP) is 3.49. The van der Waals surface area contributed by atoms with Gasteiger partial charge in [0.15, 0.2) is 0 Å². The van der Waals surface area contributed by atoms with Crippen LogP contribution in [-0.4, -0.2) is 42.0 Å².